The Morgan fingerprint density at radius 3 is 2.83 bits per heavy atom. The molecular weight excluding hydrogens is 281 g/mol. The smallest absolute Gasteiger partial charge is 0.283 e. The van der Waals surface area contributed by atoms with E-state index in [1.165, 1.54) is 18.2 Å². The lowest BCUT2D eigenvalue weighted by atomic mass is 10.2. The van der Waals surface area contributed by atoms with Gasteiger partial charge in [-0.15, -0.1) is 21.8 Å². The first-order valence-corrected chi connectivity index (χ1v) is 5.85. The van der Waals surface area contributed by atoms with E-state index >= 15 is 0 Å². The van der Waals surface area contributed by atoms with Gasteiger partial charge in [-0.25, -0.2) is 0 Å². The summed E-state index contributed by atoms with van der Waals surface area (Å²) < 4.78 is 5.29. The zero-order valence-corrected chi connectivity index (χ0v) is 10.5. The van der Waals surface area contributed by atoms with Crippen LogP contribution in [0.25, 0.3) is 11.5 Å². The van der Waals surface area contributed by atoms with Crippen LogP contribution in [0.1, 0.15) is 5.89 Å². The number of nitro groups is 1. The molecule has 0 N–H and O–H groups in total. The van der Waals surface area contributed by atoms with E-state index < -0.39 is 4.92 Å². The van der Waals surface area contributed by atoms with Gasteiger partial charge in [0, 0.05) is 23.4 Å². The van der Waals surface area contributed by atoms with Gasteiger partial charge in [-0.2, -0.15) is 0 Å². The third-order valence-electron chi connectivity index (χ3n) is 2.16. The van der Waals surface area contributed by atoms with Crippen LogP contribution in [-0.2, 0) is 6.42 Å². The molecule has 0 aliphatic heterocycles. The monoisotopic (exact) mass is 287 g/mol. The topological polar surface area (TPSA) is 82.1 Å². The highest BCUT2D eigenvalue weighted by Crippen LogP contribution is 2.31. The molecule has 94 valence electrons. The minimum Gasteiger partial charge on any atom is -0.420 e. The molecule has 0 aliphatic carbocycles. The predicted octanol–water partition coefficient (Wildman–Crippen LogP) is 3.08. The van der Waals surface area contributed by atoms with Gasteiger partial charge in [0.25, 0.3) is 11.6 Å². The zero-order chi connectivity index (χ0) is 13.1. The van der Waals surface area contributed by atoms with E-state index in [1.807, 2.05) is 0 Å². The van der Waals surface area contributed by atoms with Crippen molar-refractivity contribution < 1.29 is 9.34 Å². The Kier molecular flexibility index (Phi) is 3.78. The number of aromatic nitrogens is 2. The molecule has 0 saturated heterocycles. The highest BCUT2D eigenvalue weighted by molar-refractivity contribution is 6.30. The molecule has 2 aromatic rings. The van der Waals surface area contributed by atoms with Crippen LogP contribution in [0, 0.1) is 10.1 Å². The standard InChI is InChI=1S/C10H7Cl2N3O3/c11-4-3-9-13-14-10(18-9)7-2-1-6(12)5-8(7)15(16)17/h1-2,5H,3-4H2. The summed E-state index contributed by atoms with van der Waals surface area (Å²) in [6, 6.07) is 4.23. The van der Waals surface area contributed by atoms with Gasteiger partial charge in [-0.3, -0.25) is 10.1 Å². The Morgan fingerprint density at radius 2 is 2.17 bits per heavy atom. The average Bonchev–Trinajstić information content (AvgIpc) is 2.78. The van der Waals surface area contributed by atoms with Crippen LogP contribution >= 0.6 is 23.2 Å². The van der Waals surface area contributed by atoms with Crippen molar-refractivity contribution in [2.24, 2.45) is 0 Å². The minimum atomic E-state index is -0.549. The summed E-state index contributed by atoms with van der Waals surface area (Å²) in [5.41, 5.74) is 0.0568. The van der Waals surface area contributed by atoms with Gasteiger partial charge in [0.05, 0.1) is 4.92 Å². The zero-order valence-electron chi connectivity index (χ0n) is 8.97. The Labute approximate surface area is 112 Å². The van der Waals surface area contributed by atoms with E-state index in [0.29, 0.717) is 18.2 Å². The van der Waals surface area contributed by atoms with Crippen LogP contribution in [0.3, 0.4) is 0 Å². The van der Waals surface area contributed by atoms with Crippen molar-refractivity contribution >= 4 is 28.9 Å². The van der Waals surface area contributed by atoms with E-state index in [4.69, 9.17) is 27.6 Å². The Hall–Kier alpha value is -1.66. The molecule has 0 saturated carbocycles. The summed E-state index contributed by atoms with van der Waals surface area (Å²) in [7, 11) is 0. The molecule has 0 fully saturated rings. The lowest BCUT2D eigenvalue weighted by Gasteiger charge is -1.98. The van der Waals surface area contributed by atoms with Crippen LogP contribution in [0.15, 0.2) is 22.6 Å². The first kappa shape index (κ1) is 12.8. The van der Waals surface area contributed by atoms with Crippen molar-refractivity contribution in [2.75, 3.05) is 5.88 Å². The number of nitrogens with zero attached hydrogens (tertiary/aromatic N) is 3. The van der Waals surface area contributed by atoms with Crippen LogP contribution in [0.2, 0.25) is 5.02 Å². The number of hydrogen-bond donors (Lipinski definition) is 0. The number of rotatable bonds is 4. The maximum Gasteiger partial charge on any atom is 0.283 e. The van der Waals surface area contributed by atoms with Crippen LogP contribution in [0.4, 0.5) is 5.69 Å². The third-order valence-corrected chi connectivity index (χ3v) is 2.59. The molecule has 0 bridgehead atoms. The highest BCUT2D eigenvalue weighted by Gasteiger charge is 2.20. The maximum atomic E-state index is 10.9. The molecule has 0 amide bonds. The SMILES string of the molecule is O=[N+]([O-])c1cc(Cl)ccc1-c1nnc(CCCl)o1. The molecule has 0 spiro atoms. The normalized spacial score (nSPS) is 10.6. The van der Waals surface area contributed by atoms with Gasteiger partial charge >= 0.3 is 0 Å². The minimum absolute atomic E-state index is 0.0819. The fourth-order valence-corrected chi connectivity index (χ4v) is 1.71. The summed E-state index contributed by atoms with van der Waals surface area (Å²) in [5.74, 6) is 0.757. The second kappa shape index (κ2) is 5.32. The molecule has 18 heavy (non-hydrogen) atoms. The van der Waals surface area contributed by atoms with Gasteiger partial charge in [-0.1, -0.05) is 11.6 Å². The lowest BCUT2D eigenvalue weighted by molar-refractivity contribution is -0.384. The third kappa shape index (κ3) is 2.60. The summed E-state index contributed by atoms with van der Waals surface area (Å²) >= 11 is 11.3. The van der Waals surface area contributed by atoms with Gasteiger partial charge in [0.2, 0.25) is 5.89 Å². The van der Waals surface area contributed by atoms with Crippen molar-refractivity contribution in [3.63, 3.8) is 0 Å². The van der Waals surface area contributed by atoms with Crippen LogP contribution in [-0.4, -0.2) is 21.0 Å². The first-order valence-electron chi connectivity index (χ1n) is 4.94. The molecule has 0 unspecified atom stereocenters. The van der Waals surface area contributed by atoms with Crippen molar-refractivity contribution in [3.05, 3.63) is 39.2 Å². The van der Waals surface area contributed by atoms with Crippen LogP contribution < -0.4 is 0 Å². The molecular formula is C10H7Cl2N3O3. The van der Waals surface area contributed by atoms with E-state index in [2.05, 4.69) is 10.2 Å². The second-order valence-corrected chi connectivity index (χ2v) is 4.17. The van der Waals surface area contributed by atoms with E-state index in [9.17, 15) is 10.1 Å². The van der Waals surface area contributed by atoms with E-state index in [0.717, 1.165) is 0 Å². The summed E-state index contributed by atoms with van der Waals surface area (Å²) in [4.78, 5) is 10.4. The number of nitro benzene ring substituents is 1. The van der Waals surface area contributed by atoms with Gasteiger partial charge in [-0.05, 0) is 12.1 Å². The Balaban J connectivity index is 2.45. The quantitative estimate of drug-likeness (QED) is 0.490. The van der Waals surface area contributed by atoms with Crippen molar-refractivity contribution in [2.45, 2.75) is 6.42 Å². The Morgan fingerprint density at radius 1 is 1.39 bits per heavy atom. The lowest BCUT2D eigenvalue weighted by Crippen LogP contribution is -1.92. The number of aryl methyl sites for hydroxylation is 1. The highest BCUT2D eigenvalue weighted by atomic mass is 35.5. The molecule has 0 radical (unpaired) electrons. The number of alkyl halides is 1. The molecule has 0 atom stereocenters. The van der Waals surface area contributed by atoms with Crippen molar-refractivity contribution in [3.8, 4) is 11.5 Å². The summed E-state index contributed by atoms with van der Waals surface area (Å²) in [6.45, 7) is 0. The van der Waals surface area contributed by atoms with Crippen molar-refractivity contribution in [1.82, 2.24) is 10.2 Å². The fraction of sp³-hybridized carbons (Fsp3) is 0.200. The number of benzene rings is 1. The molecule has 2 rings (SSSR count). The predicted molar refractivity (Wildman–Crippen MR) is 65.8 cm³/mol. The van der Waals surface area contributed by atoms with Crippen LogP contribution in [0.5, 0.6) is 0 Å². The average molecular weight is 288 g/mol. The van der Waals surface area contributed by atoms with Gasteiger partial charge in [0.1, 0.15) is 5.56 Å². The molecule has 1 aromatic carbocycles. The molecule has 1 heterocycles. The van der Waals surface area contributed by atoms with Gasteiger partial charge in [0.15, 0.2) is 0 Å². The maximum absolute atomic E-state index is 10.9. The Bertz CT molecular complexity index is 585. The largest absolute Gasteiger partial charge is 0.420 e. The van der Waals surface area contributed by atoms with E-state index in [1.54, 1.807) is 0 Å². The molecule has 8 heteroatoms. The summed E-state index contributed by atoms with van der Waals surface area (Å²) in [5, 5.41) is 18.7. The first-order chi connectivity index (χ1) is 8.61. The van der Waals surface area contributed by atoms with E-state index in [-0.39, 0.29) is 22.2 Å². The fourth-order valence-electron chi connectivity index (χ4n) is 1.38. The summed E-state index contributed by atoms with van der Waals surface area (Å²) in [6.07, 6.45) is 0.413. The molecule has 1 aromatic heterocycles. The second-order valence-electron chi connectivity index (χ2n) is 3.36. The van der Waals surface area contributed by atoms with Gasteiger partial charge < -0.3 is 4.42 Å². The van der Waals surface area contributed by atoms with Crippen molar-refractivity contribution in [1.29, 1.82) is 0 Å². The number of halogens is 2. The molecule has 6 nitrogen and oxygen atoms in total. The molecule has 0 aliphatic rings. The number of hydrogen-bond acceptors (Lipinski definition) is 5.